The summed E-state index contributed by atoms with van der Waals surface area (Å²) in [5, 5.41) is 14.3. The number of methoxy groups -OCH3 is 1. The van der Waals surface area contributed by atoms with Gasteiger partial charge in [0, 0.05) is 6.54 Å². The lowest BCUT2D eigenvalue weighted by atomic mass is 9.91. The summed E-state index contributed by atoms with van der Waals surface area (Å²) in [5.41, 5.74) is 2.90. The normalized spacial score (nSPS) is 18.9. The van der Waals surface area contributed by atoms with E-state index in [4.69, 9.17) is 9.47 Å². The molecule has 8 heteroatoms. The summed E-state index contributed by atoms with van der Waals surface area (Å²) in [6.45, 7) is 7.36. The molecule has 35 heavy (non-hydrogen) atoms. The number of benzene rings is 1. The number of nitrogens with zero attached hydrogens (tertiary/aromatic N) is 3. The summed E-state index contributed by atoms with van der Waals surface area (Å²) >= 11 is 0. The fourth-order valence-electron chi connectivity index (χ4n) is 4.82. The third kappa shape index (κ3) is 6.42. The number of ether oxygens (including phenoxy) is 2. The molecule has 1 aromatic heterocycles. The number of anilines is 3. The van der Waals surface area contributed by atoms with E-state index >= 15 is 0 Å². The van der Waals surface area contributed by atoms with Gasteiger partial charge in [0.05, 0.1) is 61.2 Å². The SMILES string of the molecule is CCC(CC(=O)OC)c1ccc(N2CCCC2C(C)(C)O)c(Nc2cnc(OCC3CC3)nc2)c1. The molecule has 2 unspecified atom stereocenters. The van der Waals surface area contributed by atoms with E-state index in [9.17, 15) is 9.90 Å². The van der Waals surface area contributed by atoms with Gasteiger partial charge in [-0.05, 0) is 75.5 Å². The van der Waals surface area contributed by atoms with Crippen LogP contribution in [-0.2, 0) is 9.53 Å². The number of carbonyl (C=O) groups is 1. The average Bonchev–Trinajstić information content (AvgIpc) is 3.54. The molecule has 0 spiro atoms. The lowest BCUT2D eigenvalue weighted by molar-refractivity contribution is -0.141. The van der Waals surface area contributed by atoms with E-state index in [-0.39, 0.29) is 17.9 Å². The second-order valence-corrected chi connectivity index (χ2v) is 10.3. The molecule has 2 fully saturated rings. The summed E-state index contributed by atoms with van der Waals surface area (Å²) in [7, 11) is 1.42. The number of esters is 1. The number of rotatable bonds is 11. The zero-order valence-electron chi connectivity index (χ0n) is 21.3. The topological polar surface area (TPSA) is 96.8 Å². The summed E-state index contributed by atoms with van der Waals surface area (Å²) < 4.78 is 10.6. The van der Waals surface area contributed by atoms with Crippen molar-refractivity contribution in [2.75, 3.05) is 30.5 Å². The van der Waals surface area contributed by atoms with Crippen molar-refractivity contribution in [2.45, 2.75) is 76.9 Å². The highest BCUT2D eigenvalue weighted by molar-refractivity contribution is 5.77. The van der Waals surface area contributed by atoms with Crippen LogP contribution >= 0.6 is 0 Å². The predicted molar refractivity (Wildman–Crippen MR) is 136 cm³/mol. The maximum atomic E-state index is 12.0. The molecule has 0 amide bonds. The van der Waals surface area contributed by atoms with Crippen molar-refractivity contribution in [1.29, 1.82) is 0 Å². The number of carbonyl (C=O) groups excluding carboxylic acids is 1. The van der Waals surface area contributed by atoms with Gasteiger partial charge in [-0.1, -0.05) is 13.0 Å². The minimum absolute atomic E-state index is 0.0143. The van der Waals surface area contributed by atoms with Crippen LogP contribution in [-0.4, -0.2) is 52.9 Å². The molecule has 2 aliphatic rings. The molecule has 1 saturated heterocycles. The highest BCUT2D eigenvalue weighted by Crippen LogP contribution is 2.39. The first-order valence-corrected chi connectivity index (χ1v) is 12.7. The Kier molecular flexibility index (Phi) is 7.79. The van der Waals surface area contributed by atoms with Crippen LogP contribution in [0.15, 0.2) is 30.6 Å². The monoisotopic (exact) mass is 482 g/mol. The first kappa shape index (κ1) is 25.2. The molecule has 0 radical (unpaired) electrons. The molecule has 190 valence electrons. The molecule has 2 aromatic rings. The van der Waals surface area contributed by atoms with Crippen LogP contribution in [0.25, 0.3) is 0 Å². The molecule has 1 saturated carbocycles. The van der Waals surface area contributed by atoms with Crippen molar-refractivity contribution >= 4 is 23.0 Å². The van der Waals surface area contributed by atoms with E-state index < -0.39 is 5.60 Å². The third-order valence-electron chi connectivity index (χ3n) is 7.06. The van der Waals surface area contributed by atoms with Crippen LogP contribution in [0.4, 0.5) is 17.1 Å². The Morgan fingerprint density at radius 3 is 2.63 bits per heavy atom. The van der Waals surface area contributed by atoms with Gasteiger partial charge in [0.25, 0.3) is 0 Å². The molecular formula is C27H38N4O4. The van der Waals surface area contributed by atoms with Crippen LogP contribution in [0.2, 0.25) is 0 Å². The standard InChI is InChI=1S/C27H38N4O4/c1-5-19(14-25(32)34-4)20-10-11-23(31-12-6-7-24(31)27(2,3)33)22(13-20)30-21-15-28-26(29-16-21)35-17-18-8-9-18/h10-11,13,15-16,18-19,24,30,33H,5-9,12,14,17H2,1-4H3. The van der Waals surface area contributed by atoms with E-state index in [0.29, 0.717) is 25.0 Å². The zero-order valence-corrected chi connectivity index (χ0v) is 21.3. The minimum Gasteiger partial charge on any atom is -0.469 e. The van der Waals surface area contributed by atoms with Gasteiger partial charge in [-0.15, -0.1) is 0 Å². The summed E-state index contributed by atoms with van der Waals surface area (Å²) in [6.07, 6.45) is 9.00. The van der Waals surface area contributed by atoms with Gasteiger partial charge in [0.1, 0.15) is 0 Å². The molecule has 4 rings (SSSR count). The number of aliphatic hydroxyl groups is 1. The van der Waals surface area contributed by atoms with Gasteiger partial charge in [-0.3, -0.25) is 4.79 Å². The number of aromatic nitrogens is 2. The van der Waals surface area contributed by atoms with Crippen molar-refractivity contribution in [1.82, 2.24) is 9.97 Å². The molecule has 0 bridgehead atoms. The molecule has 1 aliphatic heterocycles. The highest BCUT2D eigenvalue weighted by Gasteiger charge is 2.37. The quantitative estimate of drug-likeness (QED) is 0.441. The van der Waals surface area contributed by atoms with E-state index in [1.165, 1.54) is 20.0 Å². The predicted octanol–water partition coefficient (Wildman–Crippen LogP) is 4.81. The van der Waals surface area contributed by atoms with E-state index in [0.717, 1.165) is 48.4 Å². The molecule has 2 heterocycles. The van der Waals surface area contributed by atoms with Crippen LogP contribution in [0, 0.1) is 5.92 Å². The molecule has 8 nitrogen and oxygen atoms in total. The second kappa shape index (κ2) is 10.8. The van der Waals surface area contributed by atoms with Gasteiger partial charge in [0.2, 0.25) is 0 Å². The van der Waals surface area contributed by atoms with Crippen LogP contribution < -0.4 is 15.0 Å². The van der Waals surface area contributed by atoms with Gasteiger partial charge < -0.3 is 24.8 Å². The number of hydrogen-bond acceptors (Lipinski definition) is 8. The van der Waals surface area contributed by atoms with Crippen molar-refractivity contribution in [2.24, 2.45) is 5.92 Å². The Bertz CT molecular complexity index is 1000. The second-order valence-electron chi connectivity index (χ2n) is 10.3. The Morgan fingerprint density at radius 2 is 2.00 bits per heavy atom. The smallest absolute Gasteiger partial charge is 0.316 e. The average molecular weight is 483 g/mol. The molecule has 1 aliphatic carbocycles. The Hall–Kier alpha value is -2.87. The lowest BCUT2D eigenvalue weighted by Crippen LogP contribution is -2.46. The first-order chi connectivity index (χ1) is 16.8. The van der Waals surface area contributed by atoms with Crippen molar-refractivity contribution < 1.29 is 19.4 Å². The van der Waals surface area contributed by atoms with E-state index in [2.05, 4.69) is 45.3 Å². The first-order valence-electron chi connectivity index (χ1n) is 12.7. The highest BCUT2D eigenvalue weighted by atomic mass is 16.5. The van der Waals surface area contributed by atoms with Crippen LogP contribution in [0.3, 0.4) is 0 Å². The van der Waals surface area contributed by atoms with Gasteiger partial charge in [-0.2, -0.15) is 0 Å². The molecule has 2 atom stereocenters. The van der Waals surface area contributed by atoms with Gasteiger partial charge in [-0.25, -0.2) is 9.97 Å². The van der Waals surface area contributed by atoms with Crippen LogP contribution in [0.5, 0.6) is 6.01 Å². The number of nitrogens with one attached hydrogen (secondary N) is 1. The Labute approximate surface area is 208 Å². The van der Waals surface area contributed by atoms with Crippen molar-refractivity contribution in [3.63, 3.8) is 0 Å². The molecule has 2 N–H and O–H groups in total. The lowest BCUT2D eigenvalue weighted by Gasteiger charge is -2.36. The summed E-state index contributed by atoms with van der Waals surface area (Å²) in [6, 6.07) is 6.68. The minimum atomic E-state index is -0.826. The van der Waals surface area contributed by atoms with E-state index in [1.54, 1.807) is 12.4 Å². The largest absolute Gasteiger partial charge is 0.469 e. The van der Waals surface area contributed by atoms with Gasteiger partial charge >= 0.3 is 12.0 Å². The van der Waals surface area contributed by atoms with E-state index in [1.807, 2.05) is 13.8 Å². The van der Waals surface area contributed by atoms with Crippen molar-refractivity contribution in [3.8, 4) is 6.01 Å². The maximum Gasteiger partial charge on any atom is 0.316 e. The Morgan fingerprint density at radius 1 is 1.26 bits per heavy atom. The maximum absolute atomic E-state index is 12.0. The molecule has 1 aromatic carbocycles. The summed E-state index contributed by atoms with van der Waals surface area (Å²) in [4.78, 5) is 23.0. The Balaban J connectivity index is 1.62. The van der Waals surface area contributed by atoms with Gasteiger partial charge in [0.15, 0.2) is 0 Å². The fourth-order valence-corrected chi connectivity index (χ4v) is 4.82. The summed E-state index contributed by atoms with van der Waals surface area (Å²) in [5.74, 6) is 0.477. The fraction of sp³-hybridized carbons (Fsp3) is 0.593. The number of hydrogen-bond donors (Lipinski definition) is 2. The molecular weight excluding hydrogens is 444 g/mol. The third-order valence-corrected chi connectivity index (χ3v) is 7.06. The zero-order chi connectivity index (χ0) is 25.0. The van der Waals surface area contributed by atoms with Crippen molar-refractivity contribution in [3.05, 3.63) is 36.2 Å². The van der Waals surface area contributed by atoms with Crippen LogP contribution in [0.1, 0.15) is 70.8 Å².